The van der Waals surface area contributed by atoms with Gasteiger partial charge in [-0.3, -0.25) is 0 Å². The van der Waals surface area contributed by atoms with Crippen LogP contribution in [-0.4, -0.2) is 19.7 Å². The highest BCUT2D eigenvalue weighted by Gasteiger charge is 2.17. The summed E-state index contributed by atoms with van der Waals surface area (Å²) in [6.07, 6.45) is 4.35. The lowest BCUT2D eigenvalue weighted by Crippen LogP contribution is -2.09. The van der Waals surface area contributed by atoms with E-state index in [1.807, 2.05) is 36.4 Å². The summed E-state index contributed by atoms with van der Waals surface area (Å²) in [7, 11) is 1.57. The van der Waals surface area contributed by atoms with Crippen LogP contribution in [-0.2, 0) is 4.74 Å². The van der Waals surface area contributed by atoms with Crippen LogP contribution < -0.4 is 4.74 Å². The van der Waals surface area contributed by atoms with Crippen LogP contribution in [0, 0.1) is 0 Å². The predicted molar refractivity (Wildman–Crippen MR) is 84.9 cm³/mol. The monoisotopic (exact) mass is 286 g/mol. The van der Waals surface area contributed by atoms with Crippen molar-refractivity contribution < 1.29 is 14.3 Å². The van der Waals surface area contributed by atoms with E-state index in [4.69, 9.17) is 9.47 Å². The molecule has 0 N–H and O–H groups in total. The number of esters is 1. The third-order valence-electron chi connectivity index (χ3n) is 3.55. The topological polar surface area (TPSA) is 35.5 Å². The molecule has 0 saturated carbocycles. The van der Waals surface area contributed by atoms with Gasteiger partial charge in [0.2, 0.25) is 0 Å². The fourth-order valence-electron chi connectivity index (χ4n) is 2.40. The van der Waals surface area contributed by atoms with Crippen molar-refractivity contribution in [1.82, 2.24) is 0 Å². The lowest BCUT2D eigenvalue weighted by Gasteiger charge is -2.11. The molecule has 0 aliphatic carbocycles. The van der Waals surface area contributed by atoms with Crippen LogP contribution in [0.2, 0.25) is 0 Å². The Bertz CT molecular complexity index is 604. The minimum atomic E-state index is -0.305. The van der Waals surface area contributed by atoms with Gasteiger partial charge in [-0.15, -0.1) is 0 Å². The maximum atomic E-state index is 12.4. The largest absolute Gasteiger partial charge is 0.496 e. The highest BCUT2D eigenvalue weighted by atomic mass is 16.5. The van der Waals surface area contributed by atoms with Crippen LogP contribution in [0.1, 0.15) is 43.0 Å². The first-order valence-electron chi connectivity index (χ1n) is 7.50. The van der Waals surface area contributed by atoms with E-state index in [2.05, 4.69) is 6.92 Å². The molecule has 0 aromatic heterocycles. The van der Waals surface area contributed by atoms with E-state index < -0.39 is 0 Å². The average molecular weight is 286 g/mol. The number of hydrogen-bond acceptors (Lipinski definition) is 3. The lowest BCUT2D eigenvalue weighted by molar-refractivity contribution is 0.0496. The van der Waals surface area contributed by atoms with Crippen LogP contribution in [0.15, 0.2) is 36.4 Å². The summed E-state index contributed by atoms with van der Waals surface area (Å²) in [5.41, 5.74) is 0.520. The zero-order chi connectivity index (χ0) is 15.1. The third kappa shape index (κ3) is 3.75. The molecule has 0 fully saturated rings. The van der Waals surface area contributed by atoms with E-state index in [1.54, 1.807) is 7.11 Å². The number of ether oxygens (including phenoxy) is 2. The van der Waals surface area contributed by atoms with E-state index in [0.29, 0.717) is 17.9 Å². The summed E-state index contributed by atoms with van der Waals surface area (Å²) in [6.45, 7) is 2.62. The lowest BCUT2D eigenvalue weighted by atomic mass is 10.0. The molecular formula is C18H22O3. The second-order valence-corrected chi connectivity index (χ2v) is 5.06. The van der Waals surface area contributed by atoms with Gasteiger partial charge in [0.15, 0.2) is 0 Å². The SMILES string of the molecule is CCCCCCOC(=O)c1c(OC)ccc2ccccc12. The molecule has 112 valence electrons. The molecule has 3 nitrogen and oxygen atoms in total. The Morgan fingerprint density at radius 2 is 1.86 bits per heavy atom. The quantitative estimate of drug-likeness (QED) is 0.552. The van der Waals surface area contributed by atoms with E-state index in [9.17, 15) is 4.79 Å². The first kappa shape index (κ1) is 15.4. The molecule has 0 unspecified atom stereocenters. The van der Waals surface area contributed by atoms with Gasteiger partial charge in [0.05, 0.1) is 13.7 Å². The predicted octanol–water partition coefficient (Wildman–Crippen LogP) is 4.59. The van der Waals surface area contributed by atoms with Crippen LogP contribution >= 0.6 is 0 Å². The molecule has 0 aliphatic rings. The molecule has 0 atom stereocenters. The van der Waals surface area contributed by atoms with E-state index in [0.717, 1.165) is 23.6 Å². The van der Waals surface area contributed by atoms with Crippen molar-refractivity contribution in [1.29, 1.82) is 0 Å². The molecule has 2 aromatic carbocycles. The van der Waals surface area contributed by atoms with Crippen molar-refractivity contribution in [2.75, 3.05) is 13.7 Å². The highest BCUT2D eigenvalue weighted by Crippen LogP contribution is 2.28. The average Bonchev–Trinajstić information content (AvgIpc) is 2.53. The van der Waals surface area contributed by atoms with Gasteiger partial charge in [0.25, 0.3) is 0 Å². The van der Waals surface area contributed by atoms with Crippen molar-refractivity contribution in [3.63, 3.8) is 0 Å². The van der Waals surface area contributed by atoms with Gasteiger partial charge in [-0.05, 0) is 23.3 Å². The number of benzene rings is 2. The Morgan fingerprint density at radius 3 is 2.62 bits per heavy atom. The summed E-state index contributed by atoms with van der Waals surface area (Å²) in [5, 5.41) is 1.88. The maximum absolute atomic E-state index is 12.4. The fourth-order valence-corrected chi connectivity index (χ4v) is 2.40. The summed E-state index contributed by atoms with van der Waals surface area (Å²) in [4.78, 5) is 12.4. The fraction of sp³-hybridized carbons (Fsp3) is 0.389. The molecule has 2 rings (SSSR count). The second-order valence-electron chi connectivity index (χ2n) is 5.06. The number of methoxy groups -OCH3 is 1. The summed E-state index contributed by atoms with van der Waals surface area (Å²) in [5.74, 6) is 0.257. The summed E-state index contributed by atoms with van der Waals surface area (Å²) >= 11 is 0. The Morgan fingerprint density at radius 1 is 1.05 bits per heavy atom. The molecule has 3 heteroatoms. The molecule has 21 heavy (non-hydrogen) atoms. The molecule has 0 amide bonds. The van der Waals surface area contributed by atoms with Gasteiger partial charge >= 0.3 is 5.97 Å². The zero-order valence-electron chi connectivity index (χ0n) is 12.7. The van der Waals surface area contributed by atoms with E-state index in [-0.39, 0.29) is 5.97 Å². The zero-order valence-corrected chi connectivity index (χ0v) is 12.7. The molecule has 0 bridgehead atoms. The summed E-state index contributed by atoms with van der Waals surface area (Å²) < 4.78 is 10.7. The molecule has 0 spiro atoms. The molecule has 0 heterocycles. The minimum Gasteiger partial charge on any atom is -0.496 e. The molecule has 0 aliphatic heterocycles. The number of carbonyl (C=O) groups is 1. The minimum absolute atomic E-state index is 0.305. The van der Waals surface area contributed by atoms with Crippen LogP contribution in [0.5, 0.6) is 5.75 Å². The number of rotatable bonds is 7. The van der Waals surface area contributed by atoms with E-state index >= 15 is 0 Å². The first-order valence-corrected chi connectivity index (χ1v) is 7.50. The normalized spacial score (nSPS) is 10.6. The van der Waals surface area contributed by atoms with Gasteiger partial charge in [-0.25, -0.2) is 4.79 Å². The third-order valence-corrected chi connectivity index (χ3v) is 3.55. The summed E-state index contributed by atoms with van der Waals surface area (Å²) in [6, 6.07) is 11.5. The number of unbranched alkanes of at least 4 members (excludes halogenated alkanes) is 3. The van der Waals surface area contributed by atoms with Crippen molar-refractivity contribution in [2.24, 2.45) is 0 Å². The Labute approximate surface area is 125 Å². The Kier molecular flexibility index (Phi) is 5.61. The number of hydrogen-bond donors (Lipinski definition) is 0. The Balaban J connectivity index is 2.17. The van der Waals surface area contributed by atoms with Gasteiger partial charge in [0, 0.05) is 0 Å². The van der Waals surface area contributed by atoms with Crippen molar-refractivity contribution in [2.45, 2.75) is 32.6 Å². The van der Waals surface area contributed by atoms with Crippen molar-refractivity contribution in [3.8, 4) is 5.75 Å². The maximum Gasteiger partial charge on any atom is 0.342 e. The molecular weight excluding hydrogens is 264 g/mol. The van der Waals surface area contributed by atoms with Gasteiger partial charge in [0.1, 0.15) is 11.3 Å². The van der Waals surface area contributed by atoms with Crippen LogP contribution in [0.3, 0.4) is 0 Å². The van der Waals surface area contributed by atoms with Crippen molar-refractivity contribution >= 4 is 16.7 Å². The number of fused-ring (bicyclic) bond motifs is 1. The van der Waals surface area contributed by atoms with Crippen LogP contribution in [0.25, 0.3) is 10.8 Å². The molecule has 2 aromatic rings. The van der Waals surface area contributed by atoms with Gasteiger partial charge < -0.3 is 9.47 Å². The standard InChI is InChI=1S/C18H22O3/c1-3-4-5-8-13-21-18(19)17-15-10-7-6-9-14(15)11-12-16(17)20-2/h6-7,9-12H,3-5,8,13H2,1-2H3. The van der Waals surface area contributed by atoms with E-state index in [1.165, 1.54) is 12.8 Å². The Hall–Kier alpha value is -2.03. The molecule has 0 saturated heterocycles. The second kappa shape index (κ2) is 7.67. The first-order chi connectivity index (χ1) is 10.3. The van der Waals surface area contributed by atoms with Crippen LogP contribution in [0.4, 0.5) is 0 Å². The molecule has 0 radical (unpaired) electrons. The van der Waals surface area contributed by atoms with Gasteiger partial charge in [-0.1, -0.05) is 56.5 Å². The smallest absolute Gasteiger partial charge is 0.342 e. The van der Waals surface area contributed by atoms with Crippen molar-refractivity contribution in [3.05, 3.63) is 42.0 Å². The highest BCUT2D eigenvalue weighted by molar-refractivity contribution is 6.07. The number of carbonyl (C=O) groups excluding carboxylic acids is 1. The van der Waals surface area contributed by atoms with Gasteiger partial charge in [-0.2, -0.15) is 0 Å².